The molecule has 8 nitrogen and oxygen atoms in total. The number of sulfonamides is 1. The van der Waals surface area contributed by atoms with E-state index >= 15 is 0 Å². The quantitative estimate of drug-likeness (QED) is 0.741. The summed E-state index contributed by atoms with van der Waals surface area (Å²) in [6.45, 7) is 0.880. The number of fused-ring (bicyclic) bond motifs is 1. The summed E-state index contributed by atoms with van der Waals surface area (Å²) in [5, 5.41) is 13.2. The van der Waals surface area contributed by atoms with Gasteiger partial charge in [0.1, 0.15) is 6.54 Å². The molecule has 1 heterocycles. The number of rotatable bonds is 5. The maximum Gasteiger partial charge on any atom is 0.326 e. The van der Waals surface area contributed by atoms with Gasteiger partial charge in [0.25, 0.3) is 15.9 Å². The third-order valence-electron chi connectivity index (χ3n) is 4.01. The molecule has 0 bridgehead atoms. The van der Waals surface area contributed by atoms with E-state index < -0.39 is 39.9 Å². The van der Waals surface area contributed by atoms with Crippen LogP contribution < -0.4 is 5.32 Å². The molecule has 146 valence electrons. The summed E-state index contributed by atoms with van der Waals surface area (Å²) >= 11 is 0. The van der Waals surface area contributed by atoms with Gasteiger partial charge in [-0.1, -0.05) is 30.3 Å². The summed E-state index contributed by atoms with van der Waals surface area (Å²) in [5.74, 6) is -2.25. The number of nitrogens with zero attached hydrogens (tertiary/aromatic N) is 1. The molecule has 0 atom stereocenters. The van der Waals surface area contributed by atoms with Crippen molar-refractivity contribution < 1.29 is 27.9 Å². The minimum Gasteiger partial charge on any atom is -0.505 e. The predicted molar refractivity (Wildman–Crippen MR) is 102 cm³/mol. The largest absolute Gasteiger partial charge is 0.505 e. The summed E-state index contributed by atoms with van der Waals surface area (Å²) in [4.78, 5) is 24.6. The van der Waals surface area contributed by atoms with Gasteiger partial charge in [0, 0.05) is 11.3 Å². The highest BCUT2D eigenvalue weighted by Gasteiger charge is 2.41. The first-order chi connectivity index (χ1) is 13.4. The first kappa shape index (κ1) is 19.4. The molecule has 2 aromatic carbocycles. The van der Waals surface area contributed by atoms with Crippen LogP contribution in [0.4, 0.5) is 5.69 Å². The summed E-state index contributed by atoms with van der Waals surface area (Å²) in [7, 11) is -4.26. The van der Waals surface area contributed by atoms with Gasteiger partial charge in [-0.3, -0.25) is 9.59 Å². The van der Waals surface area contributed by atoms with Gasteiger partial charge in [-0.15, -0.1) is 0 Å². The van der Waals surface area contributed by atoms with Crippen LogP contribution in [0.25, 0.3) is 5.76 Å². The Morgan fingerprint density at radius 2 is 1.71 bits per heavy atom. The molecule has 1 aliphatic rings. The summed E-state index contributed by atoms with van der Waals surface area (Å²) in [5.41, 5.74) is -0.156. The first-order valence-corrected chi connectivity index (χ1v) is 9.87. The lowest BCUT2D eigenvalue weighted by Gasteiger charge is -2.30. The number of benzene rings is 2. The molecule has 0 radical (unpaired) electrons. The van der Waals surface area contributed by atoms with Gasteiger partial charge in [0.05, 0.1) is 11.5 Å². The maximum absolute atomic E-state index is 13.0. The van der Waals surface area contributed by atoms with Crippen molar-refractivity contribution in [3.8, 4) is 0 Å². The van der Waals surface area contributed by atoms with Gasteiger partial charge in [0.15, 0.2) is 11.5 Å². The monoisotopic (exact) mass is 402 g/mol. The molecule has 0 saturated heterocycles. The second-order valence-electron chi connectivity index (χ2n) is 5.83. The van der Waals surface area contributed by atoms with E-state index in [1.165, 1.54) is 24.3 Å². The smallest absolute Gasteiger partial charge is 0.326 e. The zero-order valence-electron chi connectivity index (χ0n) is 15.0. The van der Waals surface area contributed by atoms with Crippen LogP contribution in [-0.4, -0.2) is 42.9 Å². The van der Waals surface area contributed by atoms with Gasteiger partial charge in [-0.25, -0.2) is 12.7 Å². The SMILES string of the molecule is CCOC(=O)CN1C(C(=O)Nc2ccccc2)=C(O)c2ccccc2S1(=O)=O. The van der Waals surface area contributed by atoms with E-state index in [4.69, 9.17) is 4.74 Å². The number of anilines is 1. The van der Waals surface area contributed by atoms with Crippen molar-refractivity contribution in [2.75, 3.05) is 18.5 Å². The van der Waals surface area contributed by atoms with Crippen molar-refractivity contribution in [1.29, 1.82) is 0 Å². The number of esters is 1. The number of hydrogen-bond acceptors (Lipinski definition) is 6. The van der Waals surface area contributed by atoms with Crippen LogP contribution in [0, 0.1) is 0 Å². The average molecular weight is 402 g/mol. The Morgan fingerprint density at radius 3 is 2.39 bits per heavy atom. The topological polar surface area (TPSA) is 113 Å². The van der Waals surface area contributed by atoms with Gasteiger partial charge in [-0.05, 0) is 31.2 Å². The van der Waals surface area contributed by atoms with Crippen molar-refractivity contribution >= 4 is 33.3 Å². The zero-order valence-corrected chi connectivity index (χ0v) is 15.8. The third-order valence-corrected chi connectivity index (χ3v) is 5.81. The second kappa shape index (κ2) is 7.73. The summed E-state index contributed by atoms with van der Waals surface area (Å²) in [6, 6.07) is 14.1. The molecule has 28 heavy (non-hydrogen) atoms. The zero-order chi connectivity index (χ0) is 20.3. The molecule has 3 rings (SSSR count). The summed E-state index contributed by atoms with van der Waals surface area (Å²) < 4.78 is 31.5. The number of amides is 1. The second-order valence-corrected chi connectivity index (χ2v) is 7.66. The molecular weight excluding hydrogens is 384 g/mol. The molecule has 9 heteroatoms. The van der Waals surface area contributed by atoms with Crippen molar-refractivity contribution in [2.24, 2.45) is 0 Å². The fourth-order valence-corrected chi connectivity index (χ4v) is 4.41. The predicted octanol–water partition coefficient (Wildman–Crippen LogP) is 2.12. The van der Waals surface area contributed by atoms with E-state index in [1.54, 1.807) is 37.3 Å². The van der Waals surface area contributed by atoms with Crippen LogP contribution in [0.3, 0.4) is 0 Å². The van der Waals surface area contributed by atoms with E-state index in [0.717, 1.165) is 0 Å². The highest BCUT2D eigenvalue weighted by Crippen LogP contribution is 2.35. The van der Waals surface area contributed by atoms with Crippen LogP contribution >= 0.6 is 0 Å². The summed E-state index contributed by atoms with van der Waals surface area (Å²) in [6.07, 6.45) is 0. The Labute approximate surface area is 162 Å². The Hall–Kier alpha value is -3.33. The molecule has 0 fully saturated rings. The normalized spacial score (nSPS) is 15.0. The van der Waals surface area contributed by atoms with E-state index in [1.807, 2.05) is 0 Å². The standard InChI is InChI=1S/C19H18N2O6S/c1-2-27-16(22)12-21-17(19(24)20-13-8-4-3-5-9-13)18(23)14-10-6-7-11-15(14)28(21,25)26/h3-11,23H,2,12H2,1H3,(H,20,24). The van der Waals surface area contributed by atoms with E-state index in [9.17, 15) is 23.1 Å². The molecule has 2 aromatic rings. The first-order valence-electron chi connectivity index (χ1n) is 8.43. The molecule has 2 N–H and O–H groups in total. The Morgan fingerprint density at radius 1 is 1.07 bits per heavy atom. The van der Waals surface area contributed by atoms with Crippen LogP contribution in [-0.2, 0) is 24.3 Å². The van der Waals surface area contributed by atoms with Crippen molar-refractivity contribution in [3.63, 3.8) is 0 Å². The fourth-order valence-electron chi connectivity index (χ4n) is 2.79. The lowest BCUT2D eigenvalue weighted by atomic mass is 10.1. The number of para-hydroxylation sites is 1. The number of carbonyl (C=O) groups is 2. The van der Waals surface area contributed by atoms with E-state index in [-0.39, 0.29) is 17.1 Å². The van der Waals surface area contributed by atoms with Gasteiger partial charge >= 0.3 is 5.97 Å². The van der Waals surface area contributed by atoms with Crippen LogP contribution in [0.1, 0.15) is 12.5 Å². The van der Waals surface area contributed by atoms with Crippen LogP contribution in [0.2, 0.25) is 0 Å². The molecule has 0 spiro atoms. The number of hydrogen-bond donors (Lipinski definition) is 2. The molecule has 0 aromatic heterocycles. The third kappa shape index (κ3) is 3.56. The Bertz CT molecular complexity index is 1050. The number of aliphatic hydroxyl groups is 1. The van der Waals surface area contributed by atoms with Gasteiger partial charge < -0.3 is 15.2 Å². The molecule has 0 aliphatic carbocycles. The van der Waals surface area contributed by atoms with Crippen LogP contribution in [0.5, 0.6) is 0 Å². The molecule has 0 unspecified atom stereocenters. The lowest BCUT2D eigenvalue weighted by Crippen LogP contribution is -2.43. The number of ether oxygens (including phenoxy) is 1. The van der Waals surface area contributed by atoms with Crippen molar-refractivity contribution in [1.82, 2.24) is 4.31 Å². The minimum atomic E-state index is -4.26. The number of carbonyl (C=O) groups excluding carboxylic acids is 2. The van der Waals surface area contributed by atoms with Crippen LogP contribution in [0.15, 0.2) is 65.2 Å². The fraction of sp³-hybridized carbons (Fsp3) is 0.158. The Kier molecular flexibility index (Phi) is 5.36. The molecule has 0 saturated carbocycles. The molecular formula is C19H18N2O6S. The van der Waals surface area contributed by atoms with E-state index in [0.29, 0.717) is 9.99 Å². The molecule has 1 aliphatic heterocycles. The van der Waals surface area contributed by atoms with E-state index in [2.05, 4.69) is 5.32 Å². The lowest BCUT2D eigenvalue weighted by molar-refractivity contribution is -0.143. The van der Waals surface area contributed by atoms with Crippen molar-refractivity contribution in [3.05, 3.63) is 65.9 Å². The minimum absolute atomic E-state index is 0.0131. The van der Waals surface area contributed by atoms with Gasteiger partial charge in [-0.2, -0.15) is 0 Å². The van der Waals surface area contributed by atoms with Crippen molar-refractivity contribution in [2.45, 2.75) is 11.8 Å². The molecule has 1 amide bonds. The number of nitrogens with one attached hydrogen (secondary N) is 1. The maximum atomic E-state index is 13.0. The highest BCUT2D eigenvalue weighted by molar-refractivity contribution is 7.89. The van der Waals surface area contributed by atoms with Gasteiger partial charge in [0.2, 0.25) is 0 Å². The highest BCUT2D eigenvalue weighted by atomic mass is 32.2. The Balaban J connectivity index is 2.10. The average Bonchev–Trinajstić information content (AvgIpc) is 2.67. The number of aliphatic hydroxyl groups excluding tert-OH is 1.